The number of Topliss-reactive ketones (excluding diaryl/α,β-unsaturated/α-hetero) is 1. The number of hydrogen-bond donors (Lipinski definition) is 2. The van der Waals surface area contributed by atoms with Crippen molar-refractivity contribution in [1.29, 1.82) is 0 Å². The summed E-state index contributed by atoms with van der Waals surface area (Å²) in [6.07, 6.45) is 3.49. The first kappa shape index (κ1) is 12.5. The molecule has 0 atom stereocenters. The van der Waals surface area contributed by atoms with E-state index < -0.39 is 0 Å². The molecule has 5 nitrogen and oxygen atoms in total. The monoisotopic (exact) mass is 264 g/mol. The predicted octanol–water partition coefficient (Wildman–Crippen LogP) is 1.81. The molecule has 0 unspecified atom stereocenters. The fourth-order valence-electron chi connectivity index (χ4n) is 1.46. The van der Waals surface area contributed by atoms with Gasteiger partial charge >= 0.3 is 0 Å². The summed E-state index contributed by atoms with van der Waals surface area (Å²) >= 11 is 1.35. The third kappa shape index (κ3) is 2.84. The molecule has 1 aromatic carbocycles. The summed E-state index contributed by atoms with van der Waals surface area (Å²) < 4.78 is 1.66. The van der Waals surface area contributed by atoms with Gasteiger partial charge in [0.2, 0.25) is 0 Å². The summed E-state index contributed by atoms with van der Waals surface area (Å²) in [5, 5.41) is 22.7. The molecule has 0 aliphatic carbocycles. The average Bonchev–Trinajstić information content (AvgIpc) is 2.72. The Morgan fingerprint density at radius 1 is 1.44 bits per heavy atom. The van der Waals surface area contributed by atoms with Crippen LogP contribution >= 0.6 is 11.8 Å². The maximum Gasteiger partial charge on any atom is 0.176 e. The number of phenols is 2. The van der Waals surface area contributed by atoms with E-state index >= 15 is 0 Å². The van der Waals surface area contributed by atoms with Crippen LogP contribution in [0.4, 0.5) is 0 Å². The minimum atomic E-state index is -0.202. The second-order valence-corrected chi connectivity index (χ2v) is 4.81. The highest BCUT2D eigenvalue weighted by Crippen LogP contribution is 2.25. The highest BCUT2D eigenvalue weighted by atomic mass is 32.2. The Morgan fingerprint density at radius 3 is 2.83 bits per heavy atom. The molecule has 0 aliphatic heterocycles. The van der Waals surface area contributed by atoms with E-state index in [1.165, 1.54) is 23.9 Å². The Hall–Kier alpha value is -1.95. The van der Waals surface area contributed by atoms with Crippen molar-refractivity contribution in [1.82, 2.24) is 9.78 Å². The number of ketones is 1. The van der Waals surface area contributed by atoms with Crippen molar-refractivity contribution >= 4 is 17.5 Å². The van der Waals surface area contributed by atoms with Crippen molar-refractivity contribution in [3.63, 3.8) is 0 Å². The van der Waals surface area contributed by atoms with Crippen LogP contribution in [0.2, 0.25) is 0 Å². The third-order valence-corrected chi connectivity index (χ3v) is 3.28. The Morgan fingerprint density at radius 2 is 2.22 bits per heavy atom. The molecule has 1 heterocycles. The maximum atomic E-state index is 11.9. The molecule has 94 valence electrons. The molecule has 0 amide bonds. The van der Waals surface area contributed by atoms with Crippen LogP contribution < -0.4 is 0 Å². The summed E-state index contributed by atoms with van der Waals surface area (Å²) in [5.41, 5.74) is 0.212. The van der Waals surface area contributed by atoms with E-state index in [1.807, 2.05) is 6.20 Å². The molecule has 2 N–H and O–H groups in total. The topological polar surface area (TPSA) is 75.4 Å². The van der Waals surface area contributed by atoms with Crippen LogP contribution in [-0.2, 0) is 7.05 Å². The van der Waals surface area contributed by atoms with Gasteiger partial charge in [-0.05, 0) is 12.1 Å². The summed E-state index contributed by atoms with van der Waals surface area (Å²) in [7, 11) is 1.80. The quantitative estimate of drug-likeness (QED) is 0.650. The minimum absolute atomic E-state index is 0.0658. The lowest BCUT2D eigenvalue weighted by Gasteiger charge is -2.03. The molecule has 1 aromatic heterocycles. The van der Waals surface area contributed by atoms with Crippen LogP contribution in [0.15, 0.2) is 35.5 Å². The zero-order valence-electron chi connectivity index (χ0n) is 9.70. The molecule has 0 saturated heterocycles. The second kappa shape index (κ2) is 5.14. The van der Waals surface area contributed by atoms with E-state index in [0.717, 1.165) is 11.0 Å². The van der Waals surface area contributed by atoms with Gasteiger partial charge in [0.25, 0.3) is 0 Å². The normalized spacial score (nSPS) is 10.5. The van der Waals surface area contributed by atoms with E-state index in [0.29, 0.717) is 0 Å². The van der Waals surface area contributed by atoms with Gasteiger partial charge in [0, 0.05) is 24.2 Å². The molecular formula is C12H12N2O3S. The molecular weight excluding hydrogens is 252 g/mol. The number of nitrogens with zero attached hydrogens (tertiary/aromatic N) is 2. The lowest BCUT2D eigenvalue weighted by atomic mass is 10.1. The minimum Gasteiger partial charge on any atom is -0.508 e. The van der Waals surface area contributed by atoms with Gasteiger partial charge in [0.05, 0.1) is 17.5 Å². The molecule has 18 heavy (non-hydrogen) atoms. The number of thioether (sulfide) groups is 1. The van der Waals surface area contributed by atoms with E-state index in [2.05, 4.69) is 5.10 Å². The predicted molar refractivity (Wildman–Crippen MR) is 68.0 cm³/mol. The molecule has 0 saturated carbocycles. The van der Waals surface area contributed by atoms with Crippen LogP contribution in [0, 0.1) is 0 Å². The number of carbonyl (C=O) groups is 1. The van der Waals surface area contributed by atoms with Gasteiger partial charge in [-0.2, -0.15) is 5.10 Å². The van der Waals surface area contributed by atoms with E-state index in [-0.39, 0.29) is 28.6 Å². The van der Waals surface area contributed by atoms with Gasteiger partial charge in [0.15, 0.2) is 5.78 Å². The van der Waals surface area contributed by atoms with Crippen LogP contribution in [0.25, 0.3) is 0 Å². The fourth-order valence-corrected chi connectivity index (χ4v) is 2.26. The summed E-state index contributed by atoms with van der Waals surface area (Å²) in [6.45, 7) is 0. The smallest absolute Gasteiger partial charge is 0.176 e. The van der Waals surface area contributed by atoms with E-state index in [1.54, 1.807) is 17.9 Å². The highest BCUT2D eigenvalue weighted by molar-refractivity contribution is 8.00. The molecule has 0 fully saturated rings. The Bertz CT molecular complexity index is 580. The standard InChI is InChI=1S/C12H12N2O3S/c1-14-6-9(5-13-14)18-7-12(17)10-3-2-8(15)4-11(10)16/h2-6,15-16H,7H2,1H3. The van der Waals surface area contributed by atoms with Gasteiger partial charge in [-0.15, -0.1) is 11.8 Å². The Labute approximate surface area is 108 Å². The van der Waals surface area contributed by atoms with Crippen molar-refractivity contribution in [3.05, 3.63) is 36.2 Å². The van der Waals surface area contributed by atoms with Gasteiger partial charge < -0.3 is 10.2 Å². The average molecular weight is 264 g/mol. The SMILES string of the molecule is Cn1cc(SCC(=O)c2ccc(O)cc2O)cn1. The van der Waals surface area contributed by atoms with Crippen molar-refractivity contribution in [2.24, 2.45) is 7.05 Å². The second-order valence-electron chi connectivity index (χ2n) is 3.76. The number of rotatable bonds is 4. The number of aryl methyl sites for hydroxylation is 1. The molecule has 0 radical (unpaired) electrons. The van der Waals surface area contributed by atoms with Crippen molar-refractivity contribution in [2.75, 3.05) is 5.75 Å². The van der Waals surface area contributed by atoms with Gasteiger partial charge in [-0.1, -0.05) is 0 Å². The number of aromatic nitrogens is 2. The molecule has 0 bridgehead atoms. The lowest BCUT2D eigenvalue weighted by Crippen LogP contribution is -2.02. The van der Waals surface area contributed by atoms with Crippen LogP contribution in [0.5, 0.6) is 11.5 Å². The maximum absolute atomic E-state index is 11.9. The van der Waals surface area contributed by atoms with Crippen molar-refractivity contribution in [2.45, 2.75) is 4.90 Å². The lowest BCUT2D eigenvalue weighted by molar-refractivity contribution is 0.102. The van der Waals surface area contributed by atoms with Gasteiger partial charge in [-0.25, -0.2) is 0 Å². The number of hydrogen-bond acceptors (Lipinski definition) is 5. The number of carbonyl (C=O) groups excluding carboxylic acids is 1. The molecule has 0 aliphatic rings. The Balaban J connectivity index is 2.03. The summed E-state index contributed by atoms with van der Waals surface area (Å²) in [5.74, 6) is -0.249. The zero-order chi connectivity index (χ0) is 13.1. The van der Waals surface area contributed by atoms with Crippen LogP contribution in [-0.4, -0.2) is 31.5 Å². The zero-order valence-corrected chi connectivity index (χ0v) is 10.5. The molecule has 2 rings (SSSR count). The molecule has 0 spiro atoms. The first-order valence-corrected chi connectivity index (χ1v) is 6.21. The Kier molecular flexibility index (Phi) is 3.57. The summed E-state index contributed by atoms with van der Waals surface area (Å²) in [4.78, 5) is 12.8. The number of aromatic hydroxyl groups is 2. The highest BCUT2D eigenvalue weighted by Gasteiger charge is 2.12. The van der Waals surface area contributed by atoms with E-state index in [9.17, 15) is 9.90 Å². The first-order valence-electron chi connectivity index (χ1n) is 5.23. The number of benzene rings is 1. The number of phenolic OH excluding ortho intramolecular Hbond substituents is 2. The third-order valence-electron chi connectivity index (χ3n) is 2.33. The van der Waals surface area contributed by atoms with Crippen molar-refractivity contribution < 1.29 is 15.0 Å². The first-order chi connectivity index (χ1) is 8.56. The van der Waals surface area contributed by atoms with Crippen LogP contribution in [0.3, 0.4) is 0 Å². The van der Waals surface area contributed by atoms with Gasteiger partial charge in [0.1, 0.15) is 11.5 Å². The van der Waals surface area contributed by atoms with E-state index in [4.69, 9.17) is 5.11 Å². The molecule has 6 heteroatoms. The van der Waals surface area contributed by atoms with Crippen LogP contribution in [0.1, 0.15) is 10.4 Å². The van der Waals surface area contributed by atoms with Crippen molar-refractivity contribution in [3.8, 4) is 11.5 Å². The molecule has 2 aromatic rings. The summed E-state index contributed by atoms with van der Waals surface area (Å²) in [6, 6.07) is 3.94. The largest absolute Gasteiger partial charge is 0.508 e. The fraction of sp³-hybridized carbons (Fsp3) is 0.167. The van der Waals surface area contributed by atoms with Gasteiger partial charge in [-0.3, -0.25) is 9.48 Å².